The average molecular weight is 347 g/mol. The second-order valence-electron chi connectivity index (χ2n) is 7.70. The maximum atomic E-state index is 9.00. The molecule has 1 saturated carbocycles. The van der Waals surface area contributed by atoms with Crippen molar-refractivity contribution in [3.8, 4) is 5.75 Å². The van der Waals surface area contributed by atoms with Crippen LogP contribution in [0.3, 0.4) is 0 Å². The SMILES string of the molecule is CN(CCCO)C1CCN(Cc2ccccc2OC2CCCC2)CC1. The number of ether oxygens (including phenoxy) is 1. The lowest BCUT2D eigenvalue weighted by Crippen LogP contribution is -2.43. The Kier molecular flexibility index (Phi) is 7.14. The van der Waals surface area contributed by atoms with E-state index in [4.69, 9.17) is 9.84 Å². The highest BCUT2D eigenvalue weighted by molar-refractivity contribution is 5.33. The van der Waals surface area contributed by atoms with Gasteiger partial charge in [-0.25, -0.2) is 0 Å². The molecule has 0 radical (unpaired) electrons. The van der Waals surface area contributed by atoms with E-state index >= 15 is 0 Å². The largest absolute Gasteiger partial charge is 0.490 e. The molecule has 1 N–H and O–H groups in total. The molecule has 2 aliphatic rings. The smallest absolute Gasteiger partial charge is 0.124 e. The van der Waals surface area contributed by atoms with Crippen molar-refractivity contribution < 1.29 is 9.84 Å². The molecule has 4 nitrogen and oxygen atoms in total. The number of nitrogens with zero attached hydrogens (tertiary/aromatic N) is 2. The van der Waals surface area contributed by atoms with Gasteiger partial charge in [-0.1, -0.05) is 18.2 Å². The number of para-hydroxylation sites is 1. The monoisotopic (exact) mass is 346 g/mol. The van der Waals surface area contributed by atoms with Crippen molar-refractivity contribution in [1.82, 2.24) is 9.80 Å². The van der Waals surface area contributed by atoms with E-state index in [0.29, 0.717) is 18.8 Å². The number of likely N-dealkylation sites (tertiary alicyclic amines) is 1. The molecule has 1 aliphatic heterocycles. The second kappa shape index (κ2) is 9.56. The highest BCUT2D eigenvalue weighted by Gasteiger charge is 2.23. The summed E-state index contributed by atoms with van der Waals surface area (Å²) < 4.78 is 6.29. The highest BCUT2D eigenvalue weighted by atomic mass is 16.5. The molecule has 0 amide bonds. The van der Waals surface area contributed by atoms with Crippen LogP contribution in [0, 0.1) is 0 Å². The van der Waals surface area contributed by atoms with Crippen molar-refractivity contribution in [3.05, 3.63) is 29.8 Å². The zero-order valence-corrected chi connectivity index (χ0v) is 15.7. The van der Waals surface area contributed by atoms with Gasteiger partial charge in [-0.3, -0.25) is 4.90 Å². The van der Waals surface area contributed by atoms with E-state index in [1.807, 2.05) is 0 Å². The fourth-order valence-corrected chi connectivity index (χ4v) is 4.20. The molecule has 0 spiro atoms. The van der Waals surface area contributed by atoms with Crippen molar-refractivity contribution in [2.45, 2.75) is 63.6 Å². The Hall–Kier alpha value is -1.10. The highest BCUT2D eigenvalue weighted by Crippen LogP contribution is 2.28. The number of hydrogen-bond acceptors (Lipinski definition) is 4. The number of piperidine rings is 1. The van der Waals surface area contributed by atoms with Crippen LogP contribution in [-0.2, 0) is 6.54 Å². The quantitative estimate of drug-likeness (QED) is 0.784. The number of hydrogen-bond donors (Lipinski definition) is 1. The lowest BCUT2D eigenvalue weighted by Gasteiger charge is -2.37. The van der Waals surface area contributed by atoms with Gasteiger partial charge in [0.25, 0.3) is 0 Å². The fourth-order valence-electron chi connectivity index (χ4n) is 4.20. The average Bonchev–Trinajstić information content (AvgIpc) is 3.15. The molecule has 0 unspecified atom stereocenters. The zero-order chi connectivity index (χ0) is 17.5. The summed E-state index contributed by atoms with van der Waals surface area (Å²) in [6, 6.07) is 9.25. The first-order valence-corrected chi connectivity index (χ1v) is 10.0. The molecule has 25 heavy (non-hydrogen) atoms. The molecule has 1 aromatic rings. The number of aliphatic hydroxyl groups is 1. The van der Waals surface area contributed by atoms with Gasteiger partial charge in [-0.2, -0.15) is 0 Å². The van der Waals surface area contributed by atoms with Crippen LogP contribution in [-0.4, -0.2) is 60.3 Å². The summed E-state index contributed by atoms with van der Waals surface area (Å²) in [5, 5.41) is 9.00. The number of benzene rings is 1. The van der Waals surface area contributed by atoms with Gasteiger partial charge in [0, 0.05) is 31.3 Å². The van der Waals surface area contributed by atoms with E-state index in [9.17, 15) is 0 Å². The molecule has 1 aliphatic carbocycles. The summed E-state index contributed by atoms with van der Waals surface area (Å²) in [7, 11) is 2.20. The summed E-state index contributed by atoms with van der Waals surface area (Å²) in [5.74, 6) is 1.09. The van der Waals surface area contributed by atoms with Crippen LogP contribution in [0.4, 0.5) is 0 Å². The summed E-state index contributed by atoms with van der Waals surface area (Å²) in [6.45, 7) is 4.58. The van der Waals surface area contributed by atoms with E-state index in [1.165, 1.54) is 44.1 Å². The van der Waals surface area contributed by atoms with Crippen LogP contribution in [0.25, 0.3) is 0 Å². The Labute approximate surface area is 152 Å². The predicted octanol–water partition coefficient (Wildman–Crippen LogP) is 3.29. The van der Waals surface area contributed by atoms with Crippen molar-refractivity contribution in [3.63, 3.8) is 0 Å². The Balaban J connectivity index is 1.50. The Morgan fingerprint density at radius 1 is 1.12 bits per heavy atom. The van der Waals surface area contributed by atoms with E-state index in [-0.39, 0.29) is 0 Å². The van der Waals surface area contributed by atoms with E-state index in [0.717, 1.165) is 38.3 Å². The Morgan fingerprint density at radius 2 is 1.84 bits per heavy atom. The third kappa shape index (κ3) is 5.44. The molecular weight excluding hydrogens is 312 g/mol. The first-order chi connectivity index (χ1) is 12.3. The normalized spacial score (nSPS) is 20.4. The first-order valence-electron chi connectivity index (χ1n) is 10.0. The van der Waals surface area contributed by atoms with Gasteiger partial charge in [-0.15, -0.1) is 0 Å². The lowest BCUT2D eigenvalue weighted by molar-refractivity contribution is 0.116. The Bertz CT molecular complexity index is 508. The molecule has 0 aromatic heterocycles. The van der Waals surface area contributed by atoms with Crippen LogP contribution in [0.15, 0.2) is 24.3 Å². The van der Waals surface area contributed by atoms with Crippen LogP contribution in [0.1, 0.15) is 50.5 Å². The summed E-state index contributed by atoms with van der Waals surface area (Å²) >= 11 is 0. The molecule has 0 bridgehead atoms. The lowest BCUT2D eigenvalue weighted by atomic mass is 10.0. The van der Waals surface area contributed by atoms with Crippen molar-refractivity contribution in [2.24, 2.45) is 0 Å². The third-order valence-electron chi connectivity index (χ3n) is 5.81. The van der Waals surface area contributed by atoms with Gasteiger partial charge in [-0.05, 0) is 71.1 Å². The molecule has 3 rings (SSSR count). The number of aliphatic hydroxyl groups excluding tert-OH is 1. The van der Waals surface area contributed by atoms with Gasteiger partial charge < -0.3 is 14.7 Å². The maximum absolute atomic E-state index is 9.00. The molecule has 140 valence electrons. The van der Waals surface area contributed by atoms with Crippen molar-refractivity contribution in [2.75, 3.05) is 33.3 Å². The van der Waals surface area contributed by atoms with Crippen molar-refractivity contribution >= 4 is 0 Å². The molecule has 1 heterocycles. The van der Waals surface area contributed by atoms with Crippen molar-refractivity contribution in [1.29, 1.82) is 0 Å². The predicted molar refractivity (Wildman–Crippen MR) is 102 cm³/mol. The topological polar surface area (TPSA) is 35.9 Å². The van der Waals surface area contributed by atoms with Gasteiger partial charge in [0.15, 0.2) is 0 Å². The van der Waals surface area contributed by atoms with Gasteiger partial charge >= 0.3 is 0 Å². The van der Waals surface area contributed by atoms with Crippen LogP contribution in [0.5, 0.6) is 5.75 Å². The van der Waals surface area contributed by atoms with Gasteiger partial charge in [0.1, 0.15) is 5.75 Å². The fraction of sp³-hybridized carbons (Fsp3) is 0.714. The summed E-state index contributed by atoms with van der Waals surface area (Å²) in [6.07, 6.45) is 8.77. The minimum absolute atomic E-state index is 0.293. The molecule has 1 saturated heterocycles. The zero-order valence-electron chi connectivity index (χ0n) is 15.7. The second-order valence-corrected chi connectivity index (χ2v) is 7.70. The van der Waals surface area contributed by atoms with Crippen LogP contribution >= 0.6 is 0 Å². The number of rotatable bonds is 8. The van der Waals surface area contributed by atoms with Crippen LogP contribution < -0.4 is 4.74 Å². The van der Waals surface area contributed by atoms with E-state index in [1.54, 1.807) is 0 Å². The molecular formula is C21H34N2O2. The van der Waals surface area contributed by atoms with E-state index < -0.39 is 0 Å². The van der Waals surface area contributed by atoms with Crippen LogP contribution in [0.2, 0.25) is 0 Å². The molecule has 2 fully saturated rings. The van der Waals surface area contributed by atoms with Gasteiger partial charge in [0.2, 0.25) is 0 Å². The standard InChI is InChI=1S/C21H34N2O2/c1-22(13-6-16-24)19-11-14-23(15-12-19)17-18-7-2-5-10-21(18)25-20-8-3-4-9-20/h2,5,7,10,19-20,24H,3-4,6,8-9,11-17H2,1H3. The molecule has 4 heteroatoms. The third-order valence-corrected chi connectivity index (χ3v) is 5.81. The minimum atomic E-state index is 0.293. The summed E-state index contributed by atoms with van der Waals surface area (Å²) in [5.41, 5.74) is 1.33. The van der Waals surface area contributed by atoms with E-state index in [2.05, 4.69) is 41.1 Å². The molecule has 0 atom stereocenters. The van der Waals surface area contributed by atoms with Gasteiger partial charge in [0.05, 0.1) is 6.10 Å². The maximum Gasteiger partial charge on any atom is 0.124 e. The Morgan fingerprint density at radius 3 is 2.56 bits per heavy atom. The molecule has 1 aromatic carbocycles. The summed E-state index contributed by atoms with van der Waals surface area (Å²) in [4.78, 5) is 4.98. The first kappa shape index (κ1) is 18.7. The minimum Gasteiger partial charge on any atom is -0.490 e.